The minimum atomic E-state index is -1.51. The predicted octanol–water partition coefficient (Wildman–Crippen LogP) is 7.62. The Kier molecular flexibility index (Phi) is 7.81. The van der Waals surface area contributed by atoms with Crippen molar-refractivity contribution >= 4 is 5.97 Å². The lowest BCUT2D eigenvalue weighted by molar-refractivity contribution is -0.313. The summed E-state index contributed by atoms with van der Waals surface area (Å²) in [5.74, 6) is 2.07. The number of benzene rings is 1. The molecule has 1 aromatic rings. The van der Waals surface area contributed by atoms with Crippen LogP contribution in [0.5, 0.6) is 0 Å². The first-order valence-corrected chi connectivity index (χ1v) is 15.7. The van der Waals surface area contributed by atoms with Gasteiger partial charge in [0.15, 0.2) is 5.79 Å². The number of fused-ring (bicyclic) bond motifs is 5. The fraction of sp³-hybridized carbons (Fsp3) is 0.794. The third-order valence-electron chi connectivity index (χ3n) is 12.5. The van der Waals surface area contributed by atoms with Crippen LogP contribution >= 0.6 is 0 Å². The number of hydrogen-bond donors (Lipinski definition) is 2. The Labute approximate surface area is 230 Å². The second-order valence-electron chi connectivity index (χ2n) is 14.5. The third-order valence-corrected chi connectivity index (χ3v) is 12.5. The van der Waals surface area contributed by atoms with Crippen LogP contribution in [-0.2, 0) is 4.74 Å². The van der Waals surface area contributed by atoms with Crippen LogP contribution in [0.15, 0.2) is 30.3 Å². The van der Waals surface area contributed by atoms with Gasteiger partial charge in [0, 0.05) is 11.8 Å². The quantitative estimate of drug-likeness (QED) is 0.284. The minimum Gasteiger partial charge on any atom is -0.459 e. The van der Waals surface area contributed by atoms with Crippen molar-refractivity contribution in [2.45, 2.75) is 117 Å². The summed E-state index contributed by atoms with van der Waals surface area (Å²) in [7, 11) is 0. The first kappa shape index (κ1) is 28.1. The maximum absolute atomic E-state index is 12.7. The molecule has 0 bridgehead atoms. The van der Waals surface area contributed by atoms with Crippen LogP contribution in [-0.4, -0.2) is 28.1 Å². The largest absolute Gasteiger partial charge is 0.459 e. The van der Waals surface area contributed by atoms with Crippen molar-refractivity contribution in [2.75, 3.05) is 0 Å². The SMILES string of the molecule is CC(C)C(CC[C@@H](C)[C@H]1CC[C@H]2[C@@H]3CCC4CCCC(O)(O)[C@]4(C)[C@H]3CC[C@]12C)OC(=O)c1ccccc1. The molecule has 4 fully saturated rings. The Morgan fingerprint density at radius 2 is 1.66 bits per heavy atom. The Bertz CT molecular complexity index is 972. The topological polar surface area (TPSA) is 66.8 Å². The molecule has 4 heteroatoms. The number of carbonyl (C=O) groups is 1. The number of ether oxygens (including phenoxy) is 1. The van der Waals surface area contributed by atoms with Gasteiger partial charge in [0.1, 0.15) is 6.10 Å². The van der Waals surface area contributed by atoms with Crippen LogP contribution in [0.1, 0.15) is 116 Å². The average Bonchev–Trinajstić information content (AvgIpc) is 3.24. The van der Waals surface area contributed by atoms with Gasteiger partial charge in [0.05, 0.1) is 5.56 Å². The van der Waals surface area contributed by atoms with Gasteiger partial charge in [-0.2, -0.15) is 0 Å². The van der Waals surface area contributed by atoms with E-state index in [1.807, 2.05) is 30.3 Å². The molecular formula is C34H52O4. The molecule has 4 aliphatic rings. The maximum atomic E-state index is 12.7. The van der Waals surface area contributed by atoms with E-state index in [4.69, 9.17) is 4.74 Å². The minimum absolute atomic E-state index is 0.0605. The third kappa shape index (κ3) is 4.66. The van der Waals surface area contributed by atoms with Crippen molar-refractivity contribution in [1.82, 2.24) is 0 Å². The van der Waals surface area contributed by atoms with E-state index in [1.54, 1.807) is 0 Å². The molecule has 0 saturated heterocycles. The summed E-state index contributed by atoms with van der Waals surface area (Å²) in [4.78, 5) is 12.7. The summed E-state index contributed by atoms with van der Waals surface area (Å²) >= 11 is 0. The van der Waals surface area contributed by atoms with Crippen molar-refractivity contribution in [3.8, 4) is 0 Å². The lowest BCUT2D eigenvalue weighted by atomic mass is 9.43. The molecule has 0 aromatic heterocycles. The predicted molar refractivity (Wildman–Crippen MR) is 151 cm³/mol. The molecule has 0 aliphatic heterocycles. The lowest BCUT2D eigenvalue weighted by Crippen LogP contribution is -2.63. The normalized spacial score (nSPS) is 39.5. The van der Waals surface area contributed by atoms with E-state index in [1.165, 1.54) is 25.7 Å². The summed E-state index contributed by atoms with van der Waals surface area (Å²) in [5, 5.41) is 22.5. The van der Waals surface area contributed by atoms with Crippen LogP contribution in [0.2, 0.25) is 0 Å². The Hall–Kier alpha value is -1.39. The van der Waals surface area contributed by atoms with E-state index in [2.05, 4.69) is 34.6 Å². The highest BCUT2D eigenvalue weighted by molar-refractivity contribution is 5.89. The van der Waals surface area contributed by atoms with E-state index >= 15 is 0 Å². The molecule has 0 radical (unpaired) electrons. The summed E-state index contributed by atoms with van der Waals surface area (Å²) < 4.78 is 6.01. The number of carbonyl (C=O) groups excluding carboxylic acids is 1. The number of rotatable bonds is 7. The van der Waals surface area contributed by atoms with Crippen LogP contribution in [0, 0.1) is 52.3 Å². The van der Waals surface area contributed by atoms with Crippen LogP contribution in [0.3, 0.4) is 0 Å². The van der Waals surface area contributed by atoms with Crippen LogP contribution in [0.4, 0.5) is 0 Å². The van der Waals surface area contributed by atoms with Crippen molar-refractivity contribution in [2.24, 2.45) is 52.3 Å². The molecule has 4 aliphatic carbocycles. The summed E-state index contributed by atoms with van der Waals surface area (Å²) in [5.41, 5.74) is 0.608. The lowest BCUT2D eigenvalue weighted by Gasteiger charge is -2.63. The Morgan fingerprint density at radius 3 is 2.37 bits per heavy atom. The molecule has 0 heterocycles. The molecule has 4 nitrogen and oxygen atoms in total. The zero-order chi connectivity index (χ0) is 27.3. The van der Waals surface area contributed by atoms with Crippen molar-refractivity contribution < 1.29 is 19.7 Å². The van der Waals surface area contributed by atoms with E-state index in [-0.39, 0.29) is 17.5 Å². The Balaban J connectivity index is 1.25. The van der Waals surface area contributed by atoms with Gasteiger partial charge in [-0.3, -0.25) is 0 Å². The fourth-order valence-corrected chi connectivity index (χ4v) is 10.3. The summed E-state index contributed by atoms with van der Waals surface area (Å²) in [6.07, 6.45) is 11.9. The monoisotopic (exact) mass is 524 g/mol. The summed E-state index contributed by atoms with van der Waals surface area (Å²) in [6.45, 7) is 11.6. The average molecular weight is 525 g/mol. The highest BCUT2D eigenvalue weighted by Crippen LogP contribution is 2.69. The second-order valence-corrected chi connectivity index (χ2v) is 14.5. The van der Waals surface area contributed by atoms with Gasteiger partial charge in [-0.25, -0.2) is 4.79 Å². The number of esters is 1. The Morgan fingerprint density at radius 1 is 0.921 bits per heavy atom. The highest BCUT2D eigenvalue weighted by atomic mass is 16.5. The molecule has 0 spiro atoms. The molecule has 4 saturated carbocycles. The number of hydrogen-bond acceptors (Lipinski definition) is 4. The molecule has 2 unspecified atom stereocenters. The van der Waals surface area contributed by atoms with E-state index < -0.39 is 5.79 Å². The van der Waals surface area contributed by atoms with E-state index in [0.717, 1.165) is 38.5 Å². The van der Waals surface area contributed by atoms with Crippen LogP contribution in [0.25, 0.3) is 0 Å². The van der Waals surface area contributed by atoms with Crippen molar-refractivity contribution in [3.63, 3.8) is 0 Å². The van der Waals surface area contributed by atoms with Gasteiger partial charge in [0.2, 0.25) is 0 Å². The molecular weight excluding hydrogens is 472 g/mol. The zero-order valence-electron chi connectivity index (χ0n) is 24.5. The van der Waals surface area contributed by atoms with Gasteiger partial charge in [-0.1, -0.05) is 52.8 Å². The first-order chi connectivity index (χ1) is 18.0. The van der Waals surface area contributed by atoms with E-state index in [9.17, 15) is 15.0 Å². The molecule has 212 valence electrons. The zero-order valence-corrected chi connectivity index (χ0v) is 24.5. The van der Waals surface area contributed by atoms with Gasteiger partial charge < -0.3 is 14.9 Å². The van der Waals surface area contributed by atoms with E-state index in [0.29, 0.717) is 58.8 Å². The number of aliphatic hydroxyl groups is 2. The second kappa shape index (κ2) is 10.5. The maximum Gasteiger partial charge on any atom is 0.338 e. The summed E-state index contributed by atoms with van der Waals surface area (Å²) in [6, 6.07) is 9.36. The van der Waals surface area contributed by atoms with Crippen LogP contribution < -0.4 is 0 Å². The molecule has 1 aromatic carbocycles. The molecule has 0 amide bonds. The van der Waals surface area contributed by atoms with Gasteiger partial charge >= 0.3 is 5.97 Å². The fourth-order valence-electron chi connectivity index (χ4n) is 10.3. The smallest absolute Gasteiger partial charge is 0.338 e. The first-order valence-electron chi connectivity index (χ1n) is 15.7. The van der Waals surface area contributed by atoms with Crippen molar-refractivity contribution in [3.05, 3.63) is 35.9 Å². The van der Waals surface area contributed by atoms with Gasteiger partial charge in [-0.15, -0.1) is 0 Å². The standard InChI is InChI=1S/C34H52O4/c1-22(2)30(38-31(35)24-10-7-6-8-11-24)18-13-23(3)27-16-17-28-26-15-14-25-12-9-20-34(36,37)33(25,5)29(26)19-21-32(27,28)4/h6-8,10-11,22-23,25-30,36-37H,9,12-21H2,1-5H3/t23-,25?,26+,27-,28+,29+,30?,32-,33+/m1/s1. The van der Waals surface area contributed by atoms with Gasteiger partial charge in [-0.05, 0) is 123 Å². The highest BCUT2D eigenvalue weighted by Gasteiger charge is 2.65. The molecule has 2 N–H and O–H groups in total. The molecule has 9 atom stereocenters. The van der Waals surface area contributed by atoms with Crippen molar-refractivity contribution in [1.29, 1.82) is 0 Å². The van der Waals surface area contributed by atoms with Gasteiger partial charge in [0.25, 0.3) is 0 Å². The molecule has 5 rings (SSSR count). The molecule has 38 heavy (non-hydrogen) atoms.